The number of H-pyrrole nitrogens is 1. The summed E-state index contributed by atoms with van der Waals surface area (Å²) in [6.07, 6.45) is 15.4. The number of fused-ring (bicyclic) bond motifs is 5. The second-order valence-corrected chi connectivity index (χ2v) is 11.8. The van der Waals surface area contributed by atoms with E-state index >= 15 is 0 Å². The van der Waals surface area contributed by atoms with E-state index in [9.17, 15) is 0 Å². The van der Waals surface area contributed by atoms with Crippen molar-refractivity contribution in [3.05, 3.63) is 29.0 Å². The van der Waals surface area contributed by atoms with E-state index in [-0.39, 0.29) is 0 Å². The van der Waals surface area contributed by atoms with E-state index in [2.05, 4.69) is 36.6 Å². The van der Waals surface area contributed by atoms with Crippen molar-refractivity contribution in [3.8, 4) is 0 Å². The third-order valence-corrected chi connectivity index (χ3v) is 9.91. The molecule has 3 aromatic rings. The average molecular weight is 475 g/mol. The Hall–Kier alpha value is -2.48. The first-order valence-electron chi connectivity index (χ1n) is 13.8. The van der Waals surface area contributed by atoms with Crippen LogP contribution in [0.5, 0.6) is 0 Å². The first-order chi connectivity index (χ1) is 17.0. The van der Waals surface area contributed by atoms with Gasteiger partial charge in [-0.1, -0.05) is 6.42 Å². The number of hydrogen-bond donors (Lipinski definition) is 1. The van der Waals surface area contributed by atoms with Crippen molar-refractivity contribution >= 4 is 16.9 Å². The van der Waals surface area contributed by atoms with Gasteiger partial charge in [0.15, 0.2) is 5.65 Å². The number of aromatic nitrogens is 6. The predicted octanol–water partition coefficient (Wildman–Crippen LogP) is 4.31. The molecule has 8 rings (SSSR count). The SMILES string of the molecule is Cc1nc(N2CCc3c(c(C)nn3CC34CCC(N5CCCCC5)(CC3)CC4)C2)c2cn[nH]c2n1. The fourth-order valence-corrected chi connectivity index (χ4v) is 7.78. The summed E-state index contributed by atoms with van der Waals surface area (Å²) < 4.78 is 2.42. The monoisotopic (exact) mass is 474 g/mol. The molecule has 0 unspecified atom stereocenters. The maximum Gasteiger partial charge on any atom is 0.161 e. The largest absolute Gasteiger partial charge is 0.351 e. The van der Waals surface area contributed by atoms with Gasteiger partial charge in [-0.25, -0.2) is 9.97 Å². The Balaban J connectivity index is 1.10. The minimum atomic E-state index is 0.452. The summed E-state index contributed by atoms with van der Waals surface area (Å²) in [5.74, 6) is 1.77. The van der Waals surface area contributed by atoms with E-state index < -0.39 is 0 Å². The van der Waals surface area contributed by atoms with Gasteiger partial charge in [0.1, 0.15) is 11.6 Å². The first kappa shape index (κ1) is 21.8. The molecule has 1 saturated heterocycles. The molecule has 1 N–H and O–H groups in total. The molecule has 186 valence electrons. The molecule has 2 aliphatic heterocycles. The molecule has 35 heavy (non-hydrogen) atoms. The normalized spacial score (nSPS) is 29.1. The number of nitrogens with zero attached hydrogens (tertiary/aromatic N) is 7. The van der Waals surface area contributed by atoms with Crippen LogP contribution < -0.4 is 4.90 Å². The summed E-state index contributed by atoms with van der Waals surface area (Å²) in [6, 6.07) is 0. The molecule has 0 amide bonds. The molecule has 0 atom stereocenters. The lowest BCUT2D eigenvalue weighted by atomic mass is 9.56. The van der Waals surface area contributed by atoms with Crippen molar-refractivity contribution < 1.29 is 0 Å². The van der Waals surface area contributed by atoms with Crippen LogP contribution >= 0.6 is 0 Å². The highest BCUT2D eigenvalue weighted by Gasteiger charge is 2.51. The van der Waals surface area contributed by atoms with Gasteiger partial charge in [0, 0.05) is 42.9 Å². The number of anilines is 1. The topological polar surface area (TPSA) is 78.8 Å². The van der Waals surface area contributed by atoms with Crippen molar-refractivity contribution in [2.45, 2.75) is 96.7 Å². The summed E-state index contributed by atoms with van der Waals surface area (Å²) >= 11 is 0. The van der Waals surface area contributed by atoms with Gasteiger partial charge in [0.2, 0.25) is 0 Å². The van der Waals surface area contributed by atoms with Crippen molar-refractivity contribution in [3.63, 3.8) is 0 Å². The zero-order chi connectivity index (χ0) is 23.6. The van der Waals surface area contributed by atoms with Gasteiger partial charge in [0.25, 0.3) is 0 Å². The average Bonchev–Trinajstić information content (AvgIpc) is 3.49. The Bertz CT molecular complexity index is 1230. The molecule has 0 aromatic carbocycles. The molecule has 0 spiro atoms. The second-order valence-electron chi connectivity index (χ2n) is 11.8. The lowest BCUT2D eigenvalue weighted by molar-refractivity contribution is -0.0690. The summed E-state index contributed by atoms with van der Waals surface area (Å²) in [4.78, 5) is 14.6. The van der Waals surface area contributed by atoms with Crippen LogP contribution in [0.1, 0.15) is 80.6 Å². The van der Waals surface area contributed by atoms with Gasteiger partial charge in [0.05, 0.1) is 17.3 Å². The third kappa shape index (κ3) is 3.51. The van der Waals surface area contributed by atoms with Gasteiger partial charge >= 0.3 is 0 Å². The van der Waals surface area contributed by atoms with E-state index in [4.69, 9.17) is 10.1 Å². The molecule has 0 radical (unpaired) electrons. The second kappa shape index (κ2) is 8.02. The van der Waals surface area contributed by atoms with Gasteiger partial charge in [-0.2, -0.15) is 10.2 Å². The molecule has 3 aliphatic carbocycles. The maximum atomic E-state index is 5.13. The van der Waals surface area contributed by atoms with E-state index in [0.29, 0.717) is 11.0 Å². The Morgan fingerprint density at radius 2 is 1.71 bits per heavy atom. The minimum Gasteiger partial charge on any atom is -0.351 e. The molecular formula is C27H38N8. The quantitative estimate of drug-likeness (QED) is 0.607. The maximum absolute atomic E-state index is 5.13. The van der Waals surface area contributed by atoms with E-state index in [1.165, 1.54) is 87.8 Å². The Kier molecular flexibility index (Phi) is 4.99. The van der Waals surface area contributed by atoms with Crippen LogP contribution in [-0.4, -0.2) is 60.0 Å². The third-order valence-electron chi connectivity index (χ3n) is 9.91. The fraction of sp³-hybridized carbons (Fsp3) is 0.704. The summed E-state index contributed by atoms with van der Waals surface area (Å²) in [5.41, 5.74) is 5.84. The zero-order valence-electron chi connectivity index (χ0n) is 21.3. The number of hydrogen-bond acceptors (Lipinski definition) is 6. The molecular weight excluding hydrogens is 436 g/mol. The number of nitrogens with one attached hydrogen (secondary N) is 1. The van der Waals surface area contributed by atoms with Gasteiger partial charge in [-0.3, -0.25) is 14.7 Å². The minimum absolute atomic E-state index is 0.452. The van der Waals surface area contributed by atoms with Crippen molar-refractivity contribution in [1.82, 2.24) is 34.8 Å². The molecule has 8 heteroatoms. The lowest BCUT2D eigenvalue weighted by Gasteiger charge is -2.58. The highest BCUT2D eigenvalue weighted by Crippen LogP contribution is 2.56. The van der Waals surface area contributed by atoms with Gasteiger partial charge in [-0.05, 0) is 83.7 Å². The molecule has 3 aromatic heterocycles. The molecule has 5 heterocycles. The van der Waals surface area contributed by atoms with Crippen molar-refractivity contribution in [1.29, 1.82) is 0 Å². The molecule has 4 fully saturated rings. The number of piperidine rings is 1. The Morgan fingerprint density at radius 3 is 2.49 bits per heavy atom. The smallest absolute Gasteiger partial charge is 0.161 e. The van der Waals surface area contributed by atoms with Crippen molar-refractivity contribution in [2.24, 2.45) is 5.41 Å². The number of aryl methyl sites for hydroxylation is 2. The standard InChI is InChI=1S/C27H38N8/c1-19-22-17-33(25-21-16-28-31-24(21)29-20(2)30-25)15-6-23(22)35(32-19)18-26-7-10-27(11-8-26,12-9-26)34-13-4-3-5-14-34/h16H,3-15,17-18H2,1-2H3,(H,28,29,30,31). The summed E-state index contributed by atoms with van der Waals surface area (Å²) in [6.45, 7) is 9.76. The van der Waals surface area contributed by atoms with Crippen LogP contribution in [0.4, 0.5) is 5.82 Å². The van der Waals surface area contributed by atoms with Crippen molar-refractivity contribution in [2.75, 3.05) is 24.5 Å². The lowest BCUT2D eigenvalue weighted by Crippen LogP contribution is -2.58. The van der Waals surface area contributed by atoms with Gasteiger partial charge < -0.3 is 4.90 Å². The molecule has 5 aliphatic rings. The molecule has 3 saturated carbocycles. The predicted molar refractivity (Wildman–Crippen MR) is 136 cm³/mol. The molecule has 8 nitrogen and oxygen atoms in total. The highest BCUT2D eigenvalue weighted by atomic mass is 15.3. The zero-order valence-corrected chi connectivity index (χ0v) is 21.3. The van der Waals surface area contributed by atoms with Crippen LogP contribution in [0.2, 0.25) is 0 Å². The molecule has 2 bridgehead atoms. The summed E-state index contributed by atoms with van der Waals surface area (Å²) in [5, 5.41) is 13.4. The number of aromatic amines is 1. The Labute approximate surface area is 207 Å². The van der Waals surface area contributed by atoms with Crippen LogP contribution in [0.25, 0.3) is 11.0 Å². The van der Waals surface area contributed by atoms with E-state index in [1.807, 2.05) is 13.1 Å². The van der Waals surface area contributed by atoms with Crippen LogP contribution in [0.3, 0.4) is 0 Å². The summed E-state index contributed by atoms with van der Waals surface area (Å²) in [7, 11) is 0. The highest BCUT2D eigenvalue weighted by molar-refractivity contribution is 5.86. The number of rotatable bonds is 4. The van der Waals surface area contributed by atoms with Crippen LogP contribution in [0, 0.1) is 19.3 Å². The van der Waals surface area contributed by atoms with Crippen LogP contribution in [-0.2, 0) is 19.5 Å². The first-order valence-corrected chi connectivity index (χ1v) is 13.8. The Morgan fingerprint density at radius 1 is 0.943 bits per heavy atom. The number of likely N-dealkylation sites (tertiary alicyclic amines) is 1. The fourth-order valence-electron chi connectivity index (χ4n) is 7.78. The van der Waals surface area contributed by atoms with E-state index in [0.717, 1.165) is 48.7 Å². The van der Waals surface area contributed by atoms with Gasteiger partial charge in [-0.15, -0.1) is 0 Å². The van der Waals surface area contributed by atoms with Crippen LogP contribution in [0.15, 0.2) is 6.20 Å². The van der Waals surface area contributed by atoms with E-state index in [1.54, 1.807) is 0 Å².